The summed E-state index contributed by atoms with van der Waals surface area (Å²) in [7, 11) is 0. The minimum atomic E-state index is -0.369. The molecule has 0 spiro atoms. The van der Waals surface area contributed by atoms with Gasteiger partial charge in [-0.2, -0.15) is 0 Å². The zero-order chi connectivity index (χ0) is 18.5. The van der Waals surface area contributed by atoms with Crippen LogP contribution < -0.4 is 4.74 Å². The number of ether oxygens (including phenoxy) is 4. The number of hydrogen-bond acceptors (Lipinski definition) is 6. The van der Waals surface area contributed by atoms with E-state index in [1.165, 1.54) is 0 Å². The number of aliphatic hydroxyl groups is 1. The molecule has 0 unspecified atom stereocenters. The van der Waals surface area contributed by atoms with Crippen LogP contribution in [-0.4, -0.2) is 50.7 Å². The second-order valence-electron chi connectivity index (χ2n) is 5.38. The first-order valence-corrected chi connectivity index (χ1v) is 8.50. The average Bonchev–Trinajstić information content (AvgIpc) is 2.69. The summed E-state index contributed by atoms with van der Waals surface area (Å²) < 4.78 is 21.2. The van der Waals surface area contributed by atoms with Crippen molar-refractivity contribution in [3.8, 4) is 5.75 Å². The summed E-state index contributed by atoms with van der Waals surface area (Å²) in [6, 6.07) is 16.3. The van der Waals surface area contributed by atoms with Crippen molar-refractivity contribution in [2.24, 2.45) is 0 Å². The Morgan fingerprint density at radius 2 is 1.46 bits per heavy atom. The molecule has 0 aliphatic rings. The van der Waals surface area contributed by atoms with E-state index in [9.17, 15) is 4.79 Å². The van der Waals surface area contributed by atoms with E-state index in [2.05, 4.69) is 0 Å². The van der Waals surface area contributed by atoms with Gasteiger partial charge < -0.3 is 24.1 Å². The number of carbonyl (C=O) groups is 1. The lowest BCUT2D eigenvalue weighted by atomic mass is 10.2. The van der Waals surface area contributed by atoms with Crippen molar-refractivity contribution in [2.45, 2.75) is 6.61 Å². The Bertz CT molecular complexity index is 627. The molecule has 0 aromatic heterocycles. The van der Waals surface area contributed by atoms with Crippen molar-refractivity contribution in [3.63, 3.8) is 0 Å². The van der Waals surface area contributed by atoms with Gasteiger partial charge in [-0.1, -0.05) is 30.3 Å². The van der Waals surface area contributed by atoms with Gasteiger partial charge in [0.25, 0.3) is 0 Å². The molecule has 0 amide bonds. The first kappa shape index (κ1) is 19.9. The lowest BCUT2D eigenvalue weighted by Crippen LogP contribution is -2.12. The molecule has 0 saturated heterocycles. The van der Waals surface area contributed by atoms with E-state index in [0.717, 1.165) is 5.56 Å². The van der Waals surface area contributed by atoms with E-state index in [-0.39, 0.29) is 19.2 Å². The van der Waals surface area contributed by atoms with Crippen LogP contribution in [0, 0.1) is 0 Å². The van der Waals surface area contributed by atoms with Crippen LogP contribution in [0.3, 0.4) is 0 Å². The SMILES string of the molecule is O=C(OCc1ccccc1)c1ccc(OCCOCCOCCO)cc1. The highest BCUT2D eigenvalue weighted by Crippen LogP contribution is 2.13. The molecular weight excluding hydrogens is 336 g/mol. The molecule has 0 fully saturated rings. The lowest BCUT2D eigenvalue weighted by Gasteiger charge is -2.08. The van der Waals surface area contributed by atoms with Crippen LogP contribution in [0.2, 0.25) is 0 Å². The van der Waals surface area contributed by atoms with Gasteiger partial charge >= 0.3 is 5.97 Å². The Hall–Kier alpha value is -2.41. The number of benzene rings is 2. The second kappa shape index (κ2) is 12.0. The second-order valence-corrected chi connectivity index (χ2v) is 5.38. The summed E-state index contributed by atoms with van der Waals surface area (Å²) in [6.07, 6.45) is 0. The molecule has 6 heteroatoms. The Kier molecular flexibility index (Phi) is 9.21. The van der Waals surface area contributed by atoms with Crippen LogP contribution in [0.5, 0.6) is 5.75 Å². The molecule has 2 aromatic carbocycles. The molecule has 6 nitrogen and oxygen atoms in total. The highest BCUT2D eigenvalue weighted by molar-refractivity contribution is 5.89. The summed E-state index contributed by atoms with van der Waals surface area (Å²) in [6.45, 7) is 2.31. The summed E-state index contributed by atoms with van der Waals surface area (Å²) in [5, 5.41) is 8.55. The highest BCUT2D eigenvalue weighted by atomic mass is 16.5. The van der Waals surface area contributed by atoms with Gasteiger partial charge in [-0.3, -0.25) is 0 Å². The quantitative estimate of drug-likeness (QED) is 0.463. The molecule has 0 aliphatic carbocycles. The summed E-state index contributed by atoms with van der Waals surface area (Å²) in [5.74, 6) is 0.288. The van der Waals surface area contributed by atoms with E-state index in [0.29, 0.717) is 44.3 Å². The summed E-state index contributed by atoms with van der Waals surface area (Å²) in [5.41, 5.74) is 1.42. The molecule has 0 bridgehead atoms. The van der Waals surface area contributed by atoms with Gasteiger partial charge in [0.2, 0.25) is 0 Å². The Morgan fingerprint density at radius 1 is 0.808 bits per heavy atom. The topological polar surface area (TPSA) is 74.2 Å². The van der Waals surface area contributed by atoms with Crippen molar-refractivity contribution in [2.75, 3.05) is 39.6 Å². The summed E-state index contributed by atoms with van der Waals surface area (Å²) >= 11 is 0. The van der Waals surface area contributed by atoms with Crippen molar-refractivity contribution in [1.29, 1.82) is 0 Å². The molecule has 2 rings (SSSR count). The number of carbonyl (C=O) groups excluding carboxylic acids is 1. The van der Waals surface area contributed by atoms with Gasteiger partial charge in [0.15, 0.2) is 0 Å². The van der Waals surface area contributed by atoms with Crippen LogP contribution in [0.1, 0.15) is 15.9 Å². The van der Waals surface area contributed by atoms with Crippen molar-refractivity contribution in [3.05, 3.63) is 65.7 Å². The number of esters is 1. The summed E-state index contributed by atoms with van der Waals surface area (Å²) in [4.78, 5) is 12.0. The molecular formula is C20H24O6. The first-order valence-electron chi connectivity index (χ1n) is 8.50. The highest BCUT2D eigenvalue weighted by Gasteiger charge is 2.07. The van der Waals surface area contributed by atoms with Gasteiger partial charge in [-0.25, -0.2) is 4.79 Å². The third kappa shape index (κ3) is 7.65. The molecule has 1 N–H and O–H groups in total. The number of aliphatic hydroxyl groups excluding tert-OH is 1. The fraction of sp³-hybridized carbons (Fsp3) is 0.350. The van der Waals surface area contributed by atoms with Gasteiger partial charge in [-0.05, 0) is 29.8 Å². The van der Waals surface area contributed by atoms with Gasteiger partial charge in [0.05, 0.1) is 38.6 Å². The van der Waals surface area contributed by atoms with Crippen LogP contribution in [0.25, 0.3) is 0 Å². The molecule has 2 aromatic rings. The zero-order valence-corrected chi connectivity index (χ0v) is 14.6. The average molecular weight is 360 g/mol. The first-order chi connectivity index (χ1) is 12.8. The van der Waals surface area contributed by atoms with Crippen molar-refractivity contribution in [1.82, 2.24) is 0 Å². The van der Waals surface area contributed by atoms with Gasteiger partial charge in [0.1, 0.15) is 19.0 Å². The molecule has 0 radical (unpaired) electrons. The van der Waals surface area contributed by atoms with Crippen LogP contribution in [0.15, 0.2) is 54.6 Å². The minimum absolute atomic E-state index is 0.0128. The minimum Gasteiger partial charge on any atom is -0.491 e. The number of hydrogen-bond donors (Lipinski definition) is 1. The van der Waals surface area contributed by atoms with E-state index in [1.807, 2.05) is 30.3 Å². The maximum absolute atomic E-state index is 12.0. The van der Waals surface area contributed by atoms with Gasteiger partial charge in [0, 0.05) is 0 Å². The van der Waals surface area contributed by atoms with Crippen LogP contribution in [0.4, 0.5) is 0 Å². The smallest absolute Gasteiger partial charge is 0.338 e. The van der Waals surface area contributed by atoms with Crippen molar-refractivity contribution < 1.29 is 28.8 Å². The van der Waals surface area contributed by atoms with Crippen LogP contribution in [-0.2, 0) is 20.8 Å². The van der Waals surface area contributed by atoms with Crippen LogP contribution >= 0.6 is 0 Å². The maximum atomic E-state index is 12.0. The normalized spacial score (nSPS) is 10.5. The molecule has 0 aliphatic heterocycles. The Balaban J connectivity index is 1.63. The largest absolute Gasteiger partial charge is 0.491 e. The Labute approximate surface area is 153 Å². The van der Waals surface area contributed by atoms with E-state index in [1.54, 1.807) is 24.3 Å². The number of rotatable bonds is 12. The van der Waals surface area contributed by atoms with E-state index < -0.39 is 0 Å². The molecule has 26 heavy (non-hydrogen) atoms. The predicted octanol–water partition coefficient (Wildman–Crippen LogP) is 2.45. The fourth-order valence-corrected chi connectivity index (χ4v) is 2.10. The van der Waals surface area contributed by atoms with E-state index in [4.69, 9.17) is 24.1 Å². The fourth-order valence-electron chi connectivity index (χ4n) is 2.10. The molecule has 140 valence electrons. The predicted molar refractivity (Wildman–Crippen MR) is 96.2 cm³/mol. The van der Waals surface area contributed by atoms with Gasteiger partial charge in [-0.15, -0.1) is 0 Å². The Morgan fingerprint density at radius 3 is 2.15 bits per heavy atom. The third-order valence-electron chi connectivity index (χ3n) is 3.41. The molecule has 0 heterocycles. The van der Waals surface area contributed by atoms with Crippen molar-refractivity contribution >= 4 is 5.97 Å². The molecule has 0 atom stereocenters. The zero-order valence-electron chi connectivity index (χ0n) is 14.6. The molecule has 0 saturated carbocycles. The lowest BCUT2D eigenvalue weighted by molar-refractivity contribution is 0.0247. The standard InChI is InChI=1S/C20H24O6/c21-10-11-23-12-13-24-14-15-25-19-8-6-18(7-9-19)20(22)26-16-17-4-2-1-3-5-17/h1-9,21H,10-16H2. The monoisotopic (exact) mass is 360 g/mol. The van der Waals surface area contributed by atoms with E-state index >= 15 is 0 Å². The maximum Gasteiger partial charge on any atom is 0.338 e. The third-order valence-corrected chi connectivity index (χ3v) is 3.41.